The van der Waals surface area contributed by atoms with Crippen molar-refractivity contribution in [2.24, 2.45) is 0 Å². The second-order valence-corrected chi connectivity index (χ2v) is 8.68. The summed E-state index contributed by atoms with van der Waals surface area (Å²) in [4.78, 5) is 20.4. The number of nitrogens with zero attached hydrogens (tertiary/aromatic N) is 4. The van der Waals surface area contributed by atoms with Crippen molar-refractivity contribution in [1.29, 1.82) is 0 Å². The van der Waals surface area contributed by atoms with E-state index in [-0.39, 0.29) is 16.6 Å². The van der Waals surface area contributed by atoms with Gasteiger partial charge >= 0.3 is 0 Å². The average molecular weight is 450 g/mol. The van der Waals surface area contributed by atoms with Gasteiger partial charge in [-0.25, -0.2) is 23.0 Å². The molecule has 2 aromatic carbocycles. The third kappa shape index (κ3) is 4.49. The van der Waals surface area contributed by atoms with Gasteiger partial charge < -0.3 is 5.32 Å². The Balaban J connectivity index is 1.75. The highest BCUT2D eigenvalue weighted by Gasteiger charge is 2.22. The van der Waals surface area contributed by atoms with Crippen molar-refractivity contribution < 1.29 is 17.8 Å². The first-order chi connectivity index (χ1) is 15.4. The van der Waals surface area contributed by atoms with Crippen molar-refractivity contribution in [3.8, 4) is 5.82 Å². The second kappa shape index (κ2) is 8.60. The van der Waals surface area contributed by atoms with Crippen LogP contribution >= 0.6 is 0 Å². The van der Waals surface area contributed by atoms with E-state index in [9.17, 15) is 13.2 Å². The molecule has 0 aliphatic rings. The molecule has 0 saturated heterocycles. The van der Waals surface area contributed by atoms with Crippen molar-refractivity contribution in [1.82, 2.24) is 14.5 Å². The van der Waals surface area contributed by atoms with Gasteiger partial charge in [0.15, 0.2) is 0 Å². The summed E-state index contributed by atoms with van der Waals surface area (Å²) in [7, 11) is -3.96. The van der Waals surface area contributed by atoms with Crippen molar-refractivity contribution >= 4 is 38.5 Å². The summed E-state index contributed by atoms with van der Waals surface area (Å²) in [6.45, 7) is 5.70. The monoisotopic (exact) mass is 449 g/mol. The van der Waals surface area contributed by atoms with Crippen LogP contribution < -0.4 is 14.6 Å². The zero-order chi connectivity index (χ0) is 22.7. The molecule has 0 unspecified atom stereocenters. The summed E-state index contributed by atoms with van der Waals surface area (Å²) in [6, 6.07) is 13.1. The Labute approximate surface area is 185 Å². The topological polar surface area (TPSA) is 110 Å². The number of allylic oxidation sites excluding steroid dienone is 1. The minimum absolute atomic E-state index is 0.0294. The predicted octanol–water partition coefficient (Wildman–Crippen LogP) is 2.65. The average Bonchev–Trinajstić information content (AvgIpc) is 3.22. The van der Waals surface area contributed by atoms with Crippen LogP contribution in [0.1, 0.15) is 6.92 Å². The van der Waals surface area contributed by atoms with E-state index in [1.807, 2.05) is 29.0 Å². The summed E-state index contributed by atoms with van der Waals surface area (Å²) < 4.78 is 32.3. The van der Waals surface area contributed by atoms with Gasteiger partial charge in [0.1, 0.15) is 18.9 Å². The van der Waals surface area contributed by atoms with Crippen molar-refractivity contribution in [2.45, 2.75) is 18.4 Å². The molecule has 2 N–H and O–H groups in total. The fourth-order valence-corrected chi connectivity index (χ4v) is 4.13. The van der Waals surface area contributed by atoms with Crippen molar-refractivity contribution in [3.63, 3.8) is 0 Å². The normalized spacial score (nSPS) is 11.3. The van der Waals surface area contributed by atoms with Crippen LogP contribution in [-0.4, -0.2) is 28.9 Å². The fraction of sp³-hybridized carbons (Fsp3) is 0.0909. The molecule has 4 rings (SSSR count). The van der Waals surface area contributed by atoms with Crippen molar-refractivity contribution in [2.75, 3.05) is 10.0 Å². The molecule has 2 aromatic heterocycles. The maximum absolute atomic E-state index is 13.1. The van der Waals surface area contributed by atoms with Gasteiger partial charge in [-0.15, -0.1) is 0 Å². The number of amides is 1. The molecule has 0 bridgehead atoms. The standard InChI is InChI=1S/C22H20N6O3S/c1-3-12-27-13-14-28(15-27)22-21(24-19-6-4-5-7-20(19)25-22)26-32(30,31)18-10-8-17(9-11-18)23-16(2)29/h3-11,13-15H,1,12H2,2H3,(H-,23,24,26,29)/p+1. The van der Waals surface area contributed by atoms with E-state index in [1.54, 1.807) is 29.2 Å². The molecule has 162 valence electrons. The van der Waals surface area contributed by atoms with Crippen LogP contribution in [0.15, 0.2) is 84.8 Å². The SMILES string of the molecule is C=CC[n+]1ccn(-c2nc3ccccc3nc2NS(=O)(=O)c2ccc(NC(C)=O)cc2)c1. The number of sulfonamides is 1. The fourth-order valence-electron chi connectivity index (χ4n) is 3.12. The number of anilines is 2. The van der Waals surface area contributed by atoms with Gasteiger partial charge in [0.05, 0.1) is 15.9 Å². The van der Waals surface area contributed by atoms with Gasteiger partial charge in [0.25, 0.3) is 22.2 Å². The van der Waals surface area contributed by atoms with Crippen LogP contribution in [0.4, 0.5) is 11.5 Å². The molecule has 9 nitrogen and oxygen atoms in total. The van der Waals surface area contributed by atoms with E-state index in [0.717, 1.165) is 0 Å². The van der Waals surface area contributed by atoms with E-state index >= 15 is 0 Å². The van der Waals surface area contributed by atoms with Crippen LogP contribution in [-0.2, 0) is 21.4 Å². The molecular formula is C22H21N6O3S+. The van der Waals surface area contributed by atoms with Gasteiger partial charge in [-0.2, -0.15) is 4.57 Å². The van der Waals surface area contributed by atoms with Gasteiger partial charge in [-0.05, 0) is 36.4 Å². The minimum Gasteiger partial charge on any atom is -0.326 e. The molecule has 0 saturated carbocycles. The maximum atomic E-state index is 13.1. The van der Waals surface area contributed by atoms with Crippen molar-refractivity contribution in [3.05, 3.63) is 79.9 Å². The third-order valence-electron chi connectivity index (χ3n) is 4.54. The molecule has 10 heteroatoms. The number of carbonyl (C=O) groups excluding carboxylic acids is 1. The lowest BCUT2D eigenvalue weighted by molar-refractivity contribution is -0.686. The summed E-state index contributed by atoms with van der Waals surface area (Å²) in [6.07, 6.45) is 7.13. The molecule has 0 aliphatic carbocycles. The third-order valence-corrected chi connectivity index (χ3v) is 5.90. The molecule has 0 aliphatic heterocycles. The number of fused-ring (bicyclic) bond motifs is 1. The first-order valence-corrected chi connectivity index (χ1v) is 11.2. The summed E-state index contributed by atoms with van der Waals surface area (Å²) >= 11 is 0. The van der Waals surface area contributed by atoms with E-state index in [0.29, 0.717) is 29.1 Å². The Morgan fingerprint density at radius 1 is 1.12 bits per heavy atom. The van der Waals surface area contributed by atoms with Crippen LogP contribution in [0.3, 0.4) is 0 Å². The Kier molecular flexibility index (Phi) is 5.69. The molecule has 0 radical (unpaired) electrons. The lowest BCUT2D eigenvalue weighted by Crippen LogP contribution is -2.29. The molecule has 4 aromatic rings. The molecule has 0 spiro atoms. The Bertz CT molecular complexity index is 1410. The number of carbonyl (C=O) groups is 1. The zero-order valence-electron chi connectivity index (χ0n) is 17.3. The van der Waals surface area contributed by atoms with Gasteiger partial charge in [-0.3, -0.25) is 9.52 Å². The van der Waals surface area contributed by atoms with Gasteiger partial charge in [0, 0.05) is 12.6 Å². The van der Waals surface area contributed by atoms with Crippen LogP contribution in [0, 0.1) is 0 Å². The highest BCUT2D eigenvalue weighted by molar-refractivity contribution is 7.92. The smallest absolute Gasteiger partial charge is 0.270 e. The summed E-state index contributed by atoms with van der Waals surface area (Å²) in [5.41, 5.74) is 1.69. The number of aromatic nitrogens is 4. The number of para-hydroxylation sites is 2. The number of benzene rings is 2. The number of rotatable bonds is 7. The molecule has 2 heterocycles. The maximum Gasteiger partial charge on any atom is 0.270 e. The number of imidazole rings is 1. The number of hydrogen-bond acceptors (Lipinski definition) is 5. The largest absolute Gasteiger partial charge is 0.326 e. The Morgan fingerprint density at radius 3 is 2.47 bits per heavy atom. The lowest BCUT2D eigenvalue weighted by atomic mass is 10.3. The Hall–Kier alpha value is -4.05. The predicted molar refractivity (Wildman–Crippen MR) is 121 cm³/mol. The van der Waals surface area contributed by atoms with E-state index in [1.165, 1.54) is 31.2 Å². The minimum atomic E-state index is -3.96. The lowest BCUT2D eigenvalue weighted by Gasteiger charge is -2.11. The molecule has 0 fully saturated rings. The second-order valence-electron chi connectivity index (χ2n) is 7.00. The highest BCUT2D eigenvalue weighted by atomic mass is 32.2. The van der Waals surface area contributed by atoms with Crippen LogP contribution in [0.5, 0.6) is 0 Å². The van der Waals surface area contributed by atoms with E-state index in [4.69, 9.17) is 0 Å². The molecule has 1 amide bonds. The van der Waals surface area contributed by atoms with Crippen LogP contribution in [0.2, 0.25) is 0 Å². The number of nitrogens with one attached hydrogen (secondary N) is 2. The van der Waals surface area contributed by atoms with E-state index in [2.05, 4.69) is 26.6 Å². The number of hydrogen-bond donors (Lipinski definition) is 2. The highest BCUT2D eigenvalue weighted by Crippen LogP contribution is 2.24. The van der Waals surface area contributed by atoms with E-state index < -0.39 is 10.0 Å². The van der Waals surface area contributed by atoms with Gasteiger partial charge in [0.2, 0.25) is 11.7 Å². The molecule has 0 atom stereocenters. The first kappa shape index (κ1) is 21.2. The quantitative estimate of drug-likeness (QED) is 0.333. The Morgan fingerprint density at radius 2 is 1.81 bits per heavy atom. The zero-order valence-corrected chi connectivity index (χ0v) is 18.1. The summed E-state index contributed by atoms with van der Waals surface area (Å²) in [5, 5.41) is 2.61. The summed E-state index contributed by atoms with van der Waals surface area (Å²) in [5.74, 6) is 0.191. The molecular weight excluding hydrogens is 428 g/mol. The molecule has 32 heavy (non-hydrogen) atoms. The van der Waals surface area contributed by atoms with Gasteiger partial charge in [-0.1, -0.05) is 24.8 Å². The van der Waals surface area contributed by atoms with Crippen LogP contribution in [0.25, 0.3) is 16.9 Å². The first-order valence-electron chi connectivity index (χ1n) is 9.71.